The highest BCUT2D eigenvalue weighted by Crippen LogP contribution is 2.30. The lowest BCUT2D eigenvalue weighted by molar-refractivity contribution is 0.474. The maximum atomic E-state index is 13.5. The number of hydrogen-bond acceptors (Lipinski definition) is 1. The lowest BCUT2D eigenvalue weighted by Gasteiger charge is -2.08. The summed E-state index contributed by atoms with van der Waals surface area (Å²) in [7, 11) is 0. The van der Waals surface area contributed by atoms with E-state index in [0.29, 0.717) is 10.9 Å². The van der Waals surface area contributed by atoms with E-state index in [1.807, 2.05) is 0 Å². The number of phenolic OH excluding ortho intramolecular Hbond substituents is 1. The van der Waals surface area contributed by atoms with Gasteiger partial charge in [-0.15, -0.1) is 6.42 Å². The van der Waals surface area contributed by atoms with E-state index in [1.165, 1.54) is 12.1 Å². The van der Waals surface area contributed by atoms with Crippen LogP contribution in [-0.4, -0.2) is 5.11 Å². The minimum absolute atomic E-state index is 0.00505. The molecule has 0 radical (unpaired) electrons. The van der Waals surface area contributed by atoms with Gasteiger partial charge in [-0.25, -0.2) is 8.78 Å². The number of rotatable bonds is 0. The molecule has 0 saturated carbocycles. The van der Waals surface area contributed by atoms with Gasteiger partial charge in [0, 0.05) is 16.3 Å². The first kappa shape index (κ1) is 10.4. The maximum Gasteiger partial charge on any atom is 0.166 e. The molecule has 2 aromatic carbocycles. The Morgan fingerprint density at radius 1 is 1.25 bits per heavy atom. The summed E-state index contributed by atoms with van der Waals surface area (Å²) in [6.07, 6.45) is 5.24. The minimum Gasteiger partial charge on any atom is -0.508 e. The number of phenols is 1. The van der Waals surface area contributed by atoms with Crippen molar-refractivity contribution >= 4 is 10.8 Å². The molecule has 0 amide bonds. The predicted molar refractivity (Wildman–Crippen MR) is 58.2 cm³/mol. The lowest BCUT2D eigenvalue weighted by Crippen LogP contribution is -1.92. The molecule has 1 nitrogen and oxygen atoms in total. The van der Waals surface area contributed by atoms with Crippen molar-refractivity contribution in [3.63, 3.8) is 0 Å². The molecule has 2 rings (SSSR count). The van der Waals surface area contributed by atoms with E-state index in [9.17, 15) is 13.9 Å². The Hall–Kier alpha value is -2.08. The van der Waals surface area contributed by atoms with E-state index in [0.717, 1.165) is 6.07 Å². The summed E-state index contributed by atoms with van der Waals surface area (Å²) in [5.74, 6) is 0.195. The highest BCUT2D eigenvalue weighted by Gasteiger charge is 2.13. The molecule has 0 unspecified atom stereocenters. The molecule has 16 heavy (non-hydrogen) atoms. The van der Waals surface area contributed by atoms with E-state index in [4.69, 9.17) is 6.42 Å². The van der Waals surface area contributed by atoms with Crippen molar-refractivity contribution < 1.29 is 13.9 Å². The highest BCUT2D eigenvalue weighted by atomic mass is 19.2. The number of aromatic hydroxyl groups is 1. The molecule has 0 atom stereocenters. The Balaban J connectivity index is 3.06. The Labute approximate surface area is 91.3 Å². The maximum absolute atomic E-state index is 13.5. The molecule has 3 heteroatoms. The van der Waals surface area contributed by atoms with Gasteiger partial charge in [-0.3, -0.25) is 0 Å². The van der Waals surface area contributed by atoms with Crippen LogP contribution < -0.4 is 0 Å². The molecular formula is C13H8F2O. The van der Waals surface area contributed by atoms with E-state index in [2.05, 4.69) is 5.92 Å². The minimum atomic E-state index is -1.01. The normalized spacial score (nSPS) is 10.4. The Bertz CT molecular complexity index is 624. The Morgan fingerprint density at radius 3 is 2.56 bits per heavy atom. The van der Waals surface area contributed by atoms with E-state index < -0.39 is 11.6 Å². The molecule has 0 aliphatic heterocycles. The topological polar surface area (TPSA) is 20.2 Å². The van der Waals surface area contributed by atoms with Crippen molar-refractivity contribution in [1.82, 2.24) is 0 Å². The number of benzene rings is 2. The van der Waals surface area contributed by atoms with Crippen molar-refractivity contribution in [3.8, 4) is 18.1 Å². The van der Waals surface area contributed by atoms with Crippen molar-refractivity contribution in [2.24, 2.45) is 0 Å². The second-order valence-electron chi connectivity index (χ2n) is 3.55. The Kier molecular flexibility index (Phi) is 2.28. The van der Waals surface area contributed by atoms with Gasteiger partial charge >= 0.3 is 0 Å². The van der Waals surface area contributed by atoms with E-state index in [1.54, 1.807) is 6.92 Å². The summed E-state index contributed by atoms with van der Waals surface area (Å²) in [6.45, 7) is 1.68. The fourth-order valence-corrected chi connectivity index (χ4v) is 1.80. The van der Waals surface area contributed by atoms with Gasteiger partial charge in [-0.05, 0) is 30.7 Å². The largest absolute Gasteiger partial charge is 0.508 e. The molecule has 1 N–H and O–H groups in total. The molecule has 0 aromatic heterocycles. The van der Waals surface area contributed by atoms with Gasteiger partial charge < -0.3 is 5.11 Å². The van der Waals surface area contributed by atoms with Crippen LogP contribution in [0.1, 0.15) is 11.1 Å². The van der Waals surface area contributed by atoms with Crippen molar-refractivity contribution in [2.75, 3.05) is 0 Å². The molecular weight excluding hydrogens is 210 g/mol. The third kappa shape index (κ3) is 1.40. The van der Waals surface area contributed by atoms with Crippen LogP contribution in [0.25, 0.3) is 10.8 Å². The number of terminal acetylenes is 1. The van der Waals surface area contributed by atoms with Gasteiger partial charge in [0.25, 0.3) is 0 Å². The summed E-state index contributed by atoms with van der Waals surface area (Å²) >= 11 is 0. The van der Waals surface area contributed by atoms with Gasteiger partial charge in [0.05, 0.1) is 0 Å². The summed E-state index contributed by atoms with van der Waals surface area (Å²) in [6, 6.07) is 3.61. The Morgan fingerprint density at radius 2 is 1.94 bits per heavy atom. The zero-order chi connectivity index (χ0) is 11.9. The summed E-state index contributed by atoms with van der Waals surface area (Å²) < 4.78 is 26.7. The number of hydrogen-bond donors (Lipinski definition) is 1. The molecule has 0 spiro atoms. The fraction of sp³-hybridized carbons (Fsp3) is 0.0769. The molecule has 0 bridgehead atoms. The van der Waals surface area contributed by atoms with Crippen molar-refractivity contribution in [1.29, 1.82) is 0 Å². The third-order valence-electron chi connectivity index (χ3n) is 2.46. The van der Waals surface area contributed by atoms with Gasteiger partial charge in [0.2, 0.25) is 0 Å². The number of halogens is 2. The quantitative estimate of drug-likeness (QED) is 0.673. The molecule has 0 aliphatic carbocycles. The van der Waals surface area contributed by atoms with Crippen LogP contribution in [0.3, 0.4) is 0 Å². The van der Waals surface area contributed by atoms with Crippen LogP contribution in [0.15, 0.2) is 18.2 Å². The second-order valence-corrected chi connectivity index (χ2v) is 3.55. The lowest BCUT2D eigenvalue weighted by atomic mass is 9.99. The monoisotopic (exact) mass is 218 g/mol. The smallest absolute Gasteiger partial charge is 0.166 e. The summed E-state index contributed by atoms with van der Waals surface area (Å²) in [4.78, 5) is 0. The van der Waals surface area contributed by atoms with Crippen LogP contribution in [0.4, 0.5) is 8.78 Å². The van der Waals surface area contributed by atoms with Crippen LogP contribution in [-0.2, 0) is 0 Å². The van der Waals surface area contributed by atoms with Crippen LogP contribution >= 0.6 is 0 Å². The second kappa shape index (κ2) is 3.49. The number of fused-ring (bicyclic) bond motifs is 1. The molecule has 0 heterocycles. The highest BCUT2D eigenvalue weighted by molar-refractivity contribution is 5.92. The predicted octanol–water partition coefficient (Wildman–Crippen LogP) is 3.11. The molecule has 80 valence electrons. The van der Waals surface area contributed by atoms with Crippen molar-refractivity contribution in [3.05, 3.63) is 41.0 Å². The SMILES string of the molecule is C#Cc1cc(F)c(F)c2cc(O)cc(C)c12. The first-order valence-electron chi connectivity index (χ1n) is 4.62. The van der Waals surface area contributed by atoms with E-state index >= 15 is 0 Å². The zero-order valence-electron chi connectivity index (χ0n) is 8.51. The summed E-state index contributed by atoms with van der Waals surface area (Å²) in [5.41, 5.74) is 0.897. The van der Waals surface area contributed by atoms with Crippen LogP contribution in [0.2, 0.25) is 0 Å². The first-order chi connectivity index (χ1) is 7.54. The van der Waals surface area contributed by atoms with Gasteiger partial charge in [-0.2, -0.15) is 0 Å². The standard InChI is InChI=1S/C13H8F2O/c1-3-8-5-11(14)13(15)10-6-9(16)4-7(2)12(8)10/h1,4-6,16H,2H3. The van der Waals surface area contributed by atoms with Crippen LogP contribution in [0.5, 0.6) is 5.75 Å². The average molecular weight is 218 g/mol. The van der Waals surface area contributed by atoms with Crippen molar-refractivity contribution in [2.45, 2.75) is 6.92 Å². The number of aryl methyl sites for hydroxylation is 1. The first-order valence-corrected chi connectivity index (χ1v) is 4.62. The van der Waals surface area contributed by atoms with Gasteiger partial charge in [-0.1, -0.05) is 5.92 Å². The molecule has 0 fully saturated rings. The summed E-state index contributed by atoms with van der Waals surface area (Å²) in [5, 5.41) is 9.81. The third-order valence-corrected chi connectivity index (χ3v) is 2.46. The average Bonchev–Trinajstić information content (AvgIpc) is 2.23. The zero-order valence-corrected chi connectivity index (χ0v) is 8.51. The molecule has 2 aromatic rings. The van der Waals surface area contributed by atoms with Crippen LogP contribution in [0, 0.1) is 30.9 Å². The molecule has 0 saturated heterocycles. The fourth-order valence-electron chi connectivity index (χ4n) is 1.80. The van der Waals surface area contributed by atoms with E-state index in [-0.39, 0.29) is 16.7 Å². The van der Waals surface area contributed by atoms with Gasteiger partial charge in [0.1, 0.15) is 5.75 Å². The molecule has 0 aliphatic rings. The van der Waals surface area contributed by atoms with Gasteiger partial charge in [0.15, 0.2) is 11.6 Å².